The number of amides is 5. The molecule has 3 rings (SSSR count). The lowest BCUT2D eigenvalue weighted by Gasteiger charge is -2.37. The van der Waals surface area contributed by atoms with Crippen molar-refractivity contribution in [2.75, 3.05) is 31.1 Å². The largest absolute Gasteiger partial charge is 0.444 e. The zero-order valence-electron chi connectivity index (χ0n) is 19.4. The van der Waals surface area contributed by atoms with Crippen molar-refractivity contribution >= 4 is 35.9 Å². The summed E-state index contributed by atoms with van der Waals surface area (Å²) in [5.74, 6) is -1.65. The fourth-order valence-electron chi connectivity index (χ4n) is 3.91. The lowest BCUT2D eigenvalue weighted by Crippen LogP contribution is -2.54. The smallest absolute Gasteiger partial charge is 0.410 e. The van der Waals surface area contributed by atoms with Gasteiger partial charge in [0.05, 0.1) is 0 Å². The molecule has 5 amide bonds. The molecule has 2 saturated heterocycles. The van der Waals surface area contributed by atoms with E-state index in [9.17, 15) is 24.0 Å². The summed E-state index contributed by atoms with van der Waals surface area (Å²) >= 11 is 0. The van der Waals surface area contributed by atoms with Crippen LogP contribution in [0, 0.1) is 6.92 Å². The maximum Gasteiger partial charge on any atom is 0.410 e. The lowest BCUT2D eigenvalue weighted by atomic mass is 10.0. The highest BCUT2D eigenvalue weighted by atomic mass is 16.6. The maximum atomic E-state index is 13.0. The Labute approximate surface area is 192 Å². The van der Waals surface area contributed by atoms with Gasteiger partial charge in [-0.25, -0.2) is 4.79 Å². The number of hydrogen-bond donors (Lipinski definition) is 1. The second-order valence-electron chi connectivity index (χ2n) is 9.24. The van der Waals surface area contributed by atoms with Gasteiger partial charge in [0.15, 0.2) is 0 Å². The predicted molar refractivity (Wildman–Crippen MR) is 120 cm³/mol. The van der Waals surface area contributed by atoms with Gasteiger partial charge in [0.2, 0.25) is 18.2 Å². The maximum absolute atomic E-state index is 13.0. The molecule has 178 valence electrons. The van der Waals surface area contributed by atoms with Crippen LogP contribution in [-0.2, 0) is 19.1 Å². The molecule has 2 aliphatic heterocycles. The summed E-state index contributed by atoms with van der Waals surface area (Å²) in [6, 6.07) is 4.27. The number of aryl methyl sites for hydroxylation is 1. The Morgan fingerprint density at radius 1 is 1.15 bits per heavy atom. The van der Waals surface area contributed by atoms with Crippen molar-refractivity contribution in [3.8, 4) is 0 Å². The summed E-state index contributed by atoms with van der Waals surface area (Å²) in [7, 11) is 0. The van der Waals surface area contributed by atoms with E-state index < -0.39 is 29.4 Å². The number of imide groups is 2. The molecule has 10 heteroatoms. The van der Waals surface area contributed by atoms with Crippen molar-refractivity contribution in [3.05, 3.63) is 29.3 Å². The number of carbonyl (C=O) groups excluding carboxylic acids is 5. The molecule has 1 N–H and O–H groups in total. The van der Waals surface area contributed by atoms with Crippen LogP contribution in [0.1, 0.15) is 49.5 Å². The third kappa shape index (κ3) is 5.68. The quantitative estimate of drug-likeness (QED) is 0.536. The van der Waals surface area contributed by atoms with Gasteiger partial charge in [-0.15, -0.1) is 0 Å². The Morgan fingerprint density at radius 2 is 1.82 bits per heavy atom. The molecule has 0 radical (unpaired) electrons. The topological polar surface area (TPSA) is 116 Å². The number of piperazine rings is 1. The van der Waals surface area contributed by atoms with Crippen LogP contribution < -0.4 is 10.2 Å². The molecule has 2 aliphatic rings. The van der Waals surface area contributed by atoms with Gasteiger partial charge in [-0.2, -0.15) is 0 Å². The number of ether oxygens (including phenoxy) is 1. The summed E-state index contributed by atoms with van der Waals surface area (Å²) in [5.41, 5.74) is 1.32. The minimum absolute atomic E-state index is 0.0707. The first-order valence-corrected chi connectivity index (χ1v) is 11.0. The summed E-state index contributed by atoms with van der Waals surface area (Å²) < 4.78 is 5.43. The monoisotopic (exact) mass is 458 g/mol. The SMILES string of the molecule is Cc1cc(N2CCN(C(=O)OC(C)(C)C)CC2)ccc1C(=O)N(C=O)C1CCC(=O)NC1=O. The number of rotatable bonds is 4. The van der Waals surface area contributed by atoms with E-state index in [2.05, 4.69) is 10.2 Å². The molecule has 10 nitrogen and oxygen atoms in total. The summed E-state index contributed by atoms with van der Waals surface area (Å²) in [6.07, 6.45) is 0.183. The summed E-state index contributed by atoms with van der Waals surface area (Å²) in [5, 5.41) is 2.17. The number of piperidine rings is 1. The van der Waals surface area contributed by atoms with Crippen molar-refractivity contribution in [2.24, 2.45) is 0 Å². The number of carbonyl (C=O) groups is 5. The normalized spacial score (nSPS) is 19.1. The minimum atomic E-state index is -1.01. The Balaban J connectivity index is 1.67. The Kier molecular flexibility index (Phi) is 7.04. The summed E-state index contributed by atoms with van der Waals surface area (Å²) in [4.78, 5) is 65.0. The van der Waals surface area contributed by atoms with Gasteiger partial charge in [-0.3, -0.25) is 29.4 Å². The highest BCUT2D eigenvalue weighted by Gasteiger charge is 2.35. The third-order valence-electron chi connectivity index (χ3n) is 5.63. The van der Waals surface area contributed by atoms with Crippen molar-refractivity contribution in [3.63, 3.8) is 0 Å². The van der Waals surface area contributed by atoms with Crippen LogP contribution in [0.15, 0.2) is 18.2 Å². The molecule has 1 atom stereocenters. The van der Waals surface area contributed by atoms with Gasteiger partial charge in [-0.05, 0) is 57.9 Å². The first kappa shape index (κ1) is 24.2. The second-order valence-corrected chi connectivity index (χ2v) is 9.24. The summed E-state index contributed by atoms with van der Waals surface area (Å²) in [6.45, 7) is 9.52. The minimum Gasteiger partial charge on any atom is -0.444 e. The van der Waals surface area contributed by atoms with Crippen molar-refractivity contribution in [1.82, 2.24) is 15.1 Å². The van der Waals surface area contributed by atoms with Gasteiger partial charge in [-0.1, -0.05) is 0 Å². The zero-order valence-corrected chi connectivity index (χ0v) is 19.4. The van der Waals surface area contributed by atoms with Gasteiger partial charge in [0.1, 0.15) is 11.6 Å². The van der Waals surface area contributed by atoms with Crippen LogP contribution in [0.25, 0.3) is 0 Å². The molecule has 2 heterocycles. The molecular weight excluding hydrogens is 428 g/mol. The molecule has 0 aromatic heterocycles. The fraction of sp³-hybridized carbons (Fsp3) is 0.522. The second kappa shape index (κ2) is 9.60. The van der Waals surface area contributed by atoms with Crippen LogP contribution in [-0.4, -0.2) is 77.8 Å². The number of nitrogens with zero attached hydrogens (tertiary/aromatic N) is 3. The molecule has 33 heavy (non-hydrogen) atoms. The standard InChI is InChI=1S/C23H30N4O6/c1-15-13-16(25-9-11-26(12-10-25)22(32)33-23(2,3)4)5-6-17(15)21(31)27(14-28)18-7-8-19(29)24-20(18)30/h5-6,13-14,18H,7-12H2,1-4H3,(H,24,29,30). The van der Waals surface area contributed by atoms with Crippen LogP contribution in [0.4, 0.5) is 10.5 Å². The highest BCUT2D eigenvalue weighted by molar-refractivity contribution is 6.07. The van der Waals surface area contributed by atoms with E-state index in [1.54, 1.807) is 24.0 Å². The lowest BCUT2D eigenvalue weighted by molar-refractivity contribution is -0.139. The van der Waals surface area contributed by atoms with Crippen LogP contribution in [0.3, 0.4) is 0 Å². The Morgan fingerprint density at radius 3 is 2.36 bits per heavy atom. The molecule has 0 saturated carbocycles. The molecule has 0 aliphatic carbocycles. The molecule has 0 spiro atoms. The van der Waals surface area contributed by atoms with E-state index in [-0.39, 0.29) is 18.9 Å². The Hall–Kier alpha value is -3.43. The highest BCUT2D eigenvalue weighted by Crippen LogP contribution is 2.23. The average molecular weight is 459 g/mol. The van der Waals surface area contributed by atoms with Gasteiger partial charge in [0, 0.05) is 43.9 Å². The molecule has 0 bridgehead atoms. The molecular formula is C23H30N4O6. The van der Waals surface area contributed by atoms with Crippen molar-refractivity contribution < 1.29 is 28.7 Å². The van der Waals surface area contributed by atoms with Crippen molar-refractivity contribution in [1.29, 1.82) is 0 Å². The molecule has 2 fully saturated rings. The van der Waals surface area contributed by atoms with Crippen molar-refractivity contribution in [2.45, 2.75) is 52.2 Å². The first-order valence-electron chi connectivity index (χ1n) is 11.0. The van der Waals surface area contributed by atoms with E-state index in [0.717, 1.165) is 10.6 Å². The molecule has 1 aromatic rings. The van der Waals surface area contributed by atoms with E-state index in [1.165, 1.54) is 0 Å². The van der Waals surface area contributed by atoms with E-state index in [0.29, 0.717) is 43.7 Å². The first-order chi connectivity index (χ1) is 15.5. The predicted octanol–water partition coefficient (Wildman–Crippen LogP) is 1.46. The van der Waals surface area contributed by atoms with E-state index >= 15 is 0 Å². The van der Waals surface area contributed by atoms with Gasteiger partial charge < -0.3 is 14.5 Å². The number of benzene rings is 1. The Bertz CT molecular complexity index is 962. The fourth-order valence-corrected chi connectivity index (χ4v) is 3.91. The van der Waals surface area contributed by atoms with Crippen LogP contribution in [0.5, 0.6) is 0 Å². The van der Waals surface area contributed by atoms with Crippen LogP contribution >= 0.6 is 0 Å². The molecule has 1 aromatic carbocycles. The van der Waals surface area contributed by atoms with E-state index in [1.807, 2.05) is 26.8 Å². The van der Waals surface area contributed by atoms with Gasteiger partial charge >= 0.3 is 6.09 Å². The van der Waals surface area contributed by atoms with Gasteiger partial charge in [0.25, 0.3) is 5.91 Å². The number of anilines is 1. The van der Waals surface area contributed by atoms with E-state index in [4.69, 9.17) is 4.74 Å². The number of hydrogen-bond acceptors (Lipinski definition) is 7. The molecule has 1 unspecified atom stereocenters. The average Bonchev–Trinajstić information content (AvgIpc) is 2.74. The third-order valence-corrected chi connectivity index (χ3v) is 5.63. The zero-order chi connectivity index (χ0) is 24.3. The van der Waals surface area contributed by atoms with Crippen LogP contribution in [0.2, 0.25) is 0 Å². The number of nitrogens with one attached hydrogen (secondary N) is 1.